The predicted molar refractivity (Wildman–Crippen MR) is 103 cm³/mol. The topological polar surface area (TPSA) is 36.1 Å². The van der Waals surface area contributed by atoms with E-state index in [1.165, 1.54) is 16.6 Å². The van der Waals surface area contributed by atoms with Crippen molar-refractivity contribution in [2.75, 3.05) is 6.54 Å². The van der Waals surface area contributed by atoms with Crippen LogP contribution in [0.25, 0.3) is 10.9 Å². The van der Waals surface area contributed by atoms with Gasteiger partial charge in [0.2, 0.25) is 5.91 Å². The number of hydrogen-bond donors (Lipinski definition) is 1. The summed E-state index contributed by atoms with van der Waals surface area (Å²) < 4.78 is 2.10. The van der Waals surface area contributed by atoms with Gasteiger partial charge >= 0.3 is 0 Å². The molecule has 1 aromatic heterocycles. The molecule has 2 heterocycles. The summed E-state index contributed by atoms with van der Waals surface area (Å²) in [5.74, 6) is 0.187. The normalized spacial score (nSPS) is 14.0. The van der Waals surface area contributed by atoms with Crippen molar-refractivity contribution in [1.29, 1.82) is 0 Å². The number of rotatable bonds is 2. The van der Waals surface area contributed by atoms with E-state index < -0.39 is 0 Å². The predicted octanol–water partition coefficient (Wildman–Crippen LogP) is 4.82. The zero-order valence-electron chi connectivity index (χ0n) is 13.0. The molecular weight excluding hydrogens is 432 g/mol. The molecule has 1 aliphatic heterocycles. The molecule has 1 N–H and O–H groups in total. The molecule has 0 spiro atoms. The van der Waals surface area contributed by atoms with Gasteiger partial charge in [0.25, 0.3) is 0 Å². The van der Waals surface area contributed by atoms with Crippen molar-refractivity contribution >= 4 is 48.7 Å². The van der Waals surface area contributed by atoms with Crippen molar-refractivity contribution in [3.05, 3.63) is 68.2 Å². The zero-order valence-corrected chi connectivity index (χ0v) is 16.2. The van der Waals surface area contributed by atoms with Gasteiger partial charge in [-0.2, -0.15) is 0 Å². The number of para-hydroxylation sites is 1. The van der Waals surface area contributed by atoms with E-state index in [0.717, 1.165) is 33.0 Å². The van der Waals surface area contributed by atoms with Crippen LogP contribution in [0.15, 0.2) is 51.4 Å². The monoisotopic (exact) mass is 446 g/mol. The molecule has 4 rings (SSSR count). The van der Waals surface area contributed by atoms with E-state index in [1.807, 2.05) is 41.3 Å². The summed E-state index contributed by atoms with van der Waals surface area (Å²) in [5.41, 5.74) is 4.69. The largest absolute Gasteiger partial charge is 0.357 e. The summed E-state index contributed by atoms with van der Waals surface area (Å²) in [6, 6.07) is 14.2. The number of amides is 1. The third kappa shape index (κ3) is 2.91. The van der Waals surface area contributed by atoms with Gasteiger partial charge in [-0.25, -0.2) is 0 Å². The fourth-order valence-electron chi connectivity index (χ4n) is 3.30. The Morgan fingerprint density at radius 2 is 1.92 bits per heavy atom. The number of fused-ring (bicyclic) bond motifs is 3. The lowest BCUT2D eigenvalue weighted by Crippen LogP contribution is -2.36. The van der Waals surface area contributed by atoms with Crippen molar-refractivity contribution in [2.45, 2.75) is 19.4 Å². The highest BCUT2D eigenvalue weighted by Gasteiger charge is 2.24. The molecule has 0 aliphatic carbocycles. The van der Waals surface area contributed by atoms with Gasteiger partial charge in [0.05, 0.1) is 11.9 Å². The summed E-state index contributed by atoms with van der Waals surface area (Å²) in [6.45, 7) is 1.45. The van der Waals surface area contributed by atoms with Crippen LogP contribution in [0.1, 0.15) is 16.8 Å². The Balaban J connectivity index is 1.57. The first-order valence-corrected chi connectivity index (χ1v) is 9.50. The van der Waals surface area contributed by atoms with Crippen LogP contribution in [0.2, 0.25) is 0 Å². The van der Waals surface area contributed by atoms with E-state index in [-0.39, 0.29) is 5.91 Å². The third-order valence-electron chi connectivity index (χ3n) is 4.58. The second kappa shape index (κ2) is 6.37. The molecule has 1 amide bonds. The molecule has 0 bridgehead atoms. The second-order valence-electron chi connectivity index (χ2n) is 6.11. The Morgan fingerprint density at radius 1 is 1.12 bits per heavy atom. The van der Waals surface area contributed by atoms with Crippen molar-refractivity contribution in [2.24, 2.45) is 0 Å². The first-order valence-electron chi connectivity index (χ1n) is 7.92. The van der Waals surface area contributed by atoms with Gasteiger partial charge in [-0.3, -0.25) is 4.79 Å². The molecule has 0 atom stereocenters. The van der Waals surface area contributed by atoms with Gasteiger partial charge in [-0.05, 0) is 39.7 Å². The van der Waals surface area contributed by atoms with Crippen LogP contribution in [0.4, 0.5) is 0 Å². The van der Waals surface area contributed by atoms with Gasteiger partial charge in [-0.15, -0.1) is 0 Å². The van der Waals surface area contributed by atoms with Gasteiger partial charge in [0, 0.05) is 45.1 Å². The smallest absolute Gasteiger partial charge is 0.227 e. The Morgan fingerprint density at radius 3 is 2.71 bits per heavy atom. The van der Waals surface area contributed by atoms with E-state index in [0.29, 0.717) is 13.0 Å². The number of benzene rings is 2. The quantitative estimate of drug-likeness (QED) is 0.600. The molecule has 3 aromatic rings. The van der Waals surface area contributed by atoms with Crippen molar-refractivity contribution < 1.29 is 4.79 Å². The Bertz CT molecular complexity index is 915. The van der Waals surface area contributed by atoms with Gasteiger partial charge in [0.1, 0.15) is 0 Å². The van der Waals surface area contributed by atoms with Crippen LogP contribution in [0, 0.1) is 0 Å². The third-order valence-corrected chi connectivity index (χ3v) is 5.77. The highest BCUT2D eigenvalue weighted by molar-refractivity contribution is 9.11. The van der Waals surface area contributed by atoms with E-state index in [9.17, 15) is 4.79 Å². The lowest BCUT2D eigenvalue weighted by Gasteiger charge is -2.27. The molecule has 5 heteroatoms. The average molecular weight is 448 g/mol. The number of carbonyl (C=O) groups excluding carboxylic acids is 1. The number of H-pyrrole nitrogens is 1. The molecular formula is C19H16Br2N2O. The van der Waals surface area contributed by atoms with Crippen molar-refractivity contribution in [3.8, 4) is 0 Å². The maximum absolute atomic E-state index is 12.7. The van der Waals surface area contributed by atoms with E-state index in [2.05, 4.69) is 42.9 Å². The summed E-state index contributed by atoms with van der Waals surface area (Å²) in [4.78, 5) is 18.2. The second-order valence-corrected chi connectivity index (χ2v) is 7.88. The summed E-state index contributed by atoms with van der Waals surface area (Å²) in [6.07, 6.45) is 1.33. The number of aromatic amines is 1. The minimum Gasteiger partial charge on any atom is -0.357 e. The summed E-state index contributed by atoms with van der Waals surface area (Å²) in [5, 5.41) is 1.21. The molecule has 2 aromatic carbocycles. The molecule has 0 unspecified atom stereocenters. The van der Waals surface area contributed by atoms with Crippen LogP contribution in [0.3, 0.4) is 0 Å². The molecule has 0 fully saturated rings. The summed E-state index contributed by atoms with van der Waals surface area (Å²) in [7, 11) is 0. The summed E-state index contributed by atoms with van der Waals surface area (Å²) >= 11 is 7.03. The van der Waals surface area contributed by atoms with Crippen LogP contribution in [-0.4, -0.2) is 22.3 Å². The lowest BCUT2D eigenvalue weighted by molar-refractivity contribution is -0.131. The maximum Gasteiger partial charge on any atom is 0.227 e. The van der Waals surface area contributed by atoms with Crippen LogP contribution >= 0.6 is 31.9 Å². The highest BCUT2D eigenvalue weighted by atomic mass is 79.9. The Labute approximate surface area is 157 Å². The number of carbonyl (C=O) groups is 1. The standard InChI is InChI=1S/C19H16Br2N2O/c20-13-6-4-12(5-7-13)10-18(24)23-9-8-17-15(11-23)14-2-1-3-16(21)19(14)22-17/h1-7,22H,8-11H2. The number of halogens is 2. The Hall–Kier alpha value is -1.59. The van der Waals surface area contributed by atoms with Crippen LogP contribution in [0.5, 0.6) is 0 Å². The van der Waals surface area contributed by atoms with E-state index in [4.69, 9.17) is 0 Å². The first kappa shape index (κ1) is 15.9. The lowest BCUT2D eigenvalue weighted by atomic mass is 10.0. The first-order chi connectivity index (χ1) is 11.6. The number of hydrogen-bond acceptors (Lipinski definition) is 1. The van der Waals surface area contributed by atoms with Gasteiger partial charge in [0.15, 0.2) is 0 Å². The number of nitrogens with zero attached hydrogens (tertiary/aromatic N) is 1. The fraction of sp³-hybridized carbons (Fsp3) is 0.211. The van der Waals surface area contributed by atoms with E-state index in [1.54, 1.807) is 0 Å². The zero-order chi connectivity index (χ0) is 16.7. The van der Waals surface area contributed by atoms with Crippen molar-refractivity contribution in [3.63, 3.8) is 0 Å². The maximum atomic E-state index is 12.7. The number of nitrogens with one attached hydrogen (secondary N) is 1. The number of aromatic nitrogens is 1. The van der Waals surface area contributed by atoms with E-state index >= 15 is 0 Å². The van der Waals surface area contributed by atoms with Gasteiger partial charge in [-0.1, -0.05) is 40.2 Å². The average Bonchev–Trinajstić information content (AvgIpc) is 2.96. The SMILES string of the molecule is O=C(Cc1ccc(Br)cc1)N1CCc2[nH]c3c(Br)cccc3c2C1. The minimum absolute atomic E-state index is 0.187. The molecule has 24 heavy (non-hydrogen) atoms. The molecule has 0 saturated heterocycles. The minimum atomic E-state index is 0.187. The van der Waals surface area contributed by atoms with Crippen LogP contribution in [-0.2, 0) is 24.2 Å². The Kier molecular flexibility index (Phi) is 4.22. The van der Waals surface area contributed by atoms with Gasteiger partial charge < -0.3 is 9.88 Å². The molecule has 3 nitrogen and oxygen atoms in total. The molecule has 0 saturated carbocycles. The molecule has 122 valence electrons. The van der Waals surface area contributed by atoms with Crippen LogP contribution < -0.4 is 0 Å². The molecule has 1 aliphatic rings. The molecule has 0 radical (unpaired) electrons. The fourth-order valence-corrected chi connectivity index (χ4v) is 4.03. The van der Waals surface area contributed by atoms with Crippen molar-refractivity contribution in [1.82, 2.24) is 9.88 Å². The highest BCUT2D eigenvalue weighted by Crippen LogP contribution is 2.32.